The highest BCUT2D eigenvalue weighted by Gasteiger charge is 2.21. The van der Waals surface area contributed by atoms with Crippen molar-refractivity contribution >= 4 is 45.3 Å². The fourth-order valence-corrected chi connectivity index (χ4v) is 4.53. The highest BCUT2D eigenvalue weighted by molar-refractivity contribution is 8.00. The van der Waals surface area contributed by atoms with Crippen LogP contribution in [0.4, 0.5) is 5.69 Å². The number of rotatable bonds is 6. The second-order valence-corrected chi connectivity index (χ2v) is 8.94. The molecule has 0 aliphatic rings. The molecule has 0 saturated carbocycles. The Bertz CT molecular complexity index is 1460. The van der Waals surface area contributed by atoms with Crippen molar-refractivity contribution < 1.29 is 13.9 Å². The molecule has 5 aromatic rings. The monoisotopic (exact) mass is 458 g/mol. The molecule has 1 unspecified atom stereocenters. The summed E-state index contributed by atoms with van der Waals surface area (Å²) in [5.74, 6) is 1.16. The van der Waals surface area contributed by atoms with Crippen LogP contribution in [0.1, 0.15) is 6.92 Å². The molecule has 5 rings (SSSR count). The molecule has 0 fully saturated rings. The largest absolute Gasteiger partial charge is 0.495 e. The molecule has 33 heavy (non-hydrogen) atoms. The molecular formula is C25H22N4O3S. The molecule has 166 valence electrons. The summed E-state index contributed by atoms with van der Waals surface area (Å²) < 4.78 is 13.4. The number of aromatic nitrogens is 3. The van der Waals surface area contributed by atoms with E-state index in [1.807, 2.05) is 79.2 Å². The summed E-state index contributed by atoms with van der Waals surface area (Å²) in [6.07, 6.45) is 0. The van der Waals surface area contributed by atoms with Gasteiger partial charge in [0.1, 0.15) is 16.9 Å². The van der Waals surface area contributed by atoms with Crippen LogP contribution in [0.25, 0.3) is 33.3 Å². The first-order valence-electron chi connectivity index (χ1n) is 10.5. The number of carbonyl (C=O) groups excluding carboxylic acids is 1. The third-order valence-electron chi connectivity index (χ3n) is 5.48. The molecule has 2 heterocycles. The number of nitrogens with zero attached hydrogens (tertiary/aromatic N) is 3. The van der Waals surface area contributed by atoms with Crippen LogP contribution >= 0.6 is 11.8 Å². The molecule has 0 radical (unpaired) electrons. The Hall–Kier alpha value is -3.78. The molecule has 0 aliphatic carbocycles. The normalized spacial score (nSPS) is 12.2. The Morgan fingerprint density at radius 3 is 2.58 bits per heavy atom. The van der Waals surface area contributed by atoms with Crippen molar-refractivity contribution in [3.63, 3.8) is 0 Å². The second-order valence-electron chi connectivity index (χ2n) is 7.63. The van der Waals surface area contributed by atoms with E-state index in [4.69, 9.17) is 9.15 Å². The summed E-state index contributed by atoms with van der Waals surface area (Å²) in [7, 11) is 3.48. The summed E-state index contributed by atoms with van der Waals surface area (Å²) in [6, 6.07) is 21.4. The molecule has 2 aromatic heterocycles. The Labute approximate surface area is 194 Å². The van der Waals surface area contributed by atoms with Crippen molar-refractivity contribution in [3.05, 3.63) is 66.7 Å². The van der Waals surface area contributed by atoms with E-state index in [9.17, 15) is 4.79 Å². The van der Waals surface area contributed by atoms with Gasteiger partial charge in [-0.1, -0.05) is 60.3 Å². The third-order valence-corrected chi connectivity index (χ3v) is 6.61. The Kier molecular flexibility index (Phi) is 5.51. The molecule has 8 heteroatoms. The first kappa shape index (κ1) is 21.1. The van der Waals surface area contributed by atoms with Crippen LogP contribution in [-0.2, 0) is 11.8 Å². The van der Waals surface area contributed by atoms with Crippen molar-refractivity contribution in [2.24, 2.45) is 7.05 Å². The van der Waals surface area contributed by atoms with Crippen LogP contribution in [0.3, 0.4) is 0 Å². The van der Waals surface area contributed by atoms with Gasteiger partial charge in [0, 0.05) is 29.4 Å². The minimum absolute atomic E-state index is 0.168. The van der Waals surface area contributed by atoms with E-state index in [0.717, 1.165) is 27.7 Å². The zero-order valence-electron chi connectivity index (χ0n) is 18.4. The quantitative estimate of drug-likeness (QED) is 0.338. The molecule has 1 amide bonds. The minimum atomic E-state index is -0.410. The van der Waals surface area contributed by atoms with Crippen molar-refractivity contribution in [2.45, 2.75) is 17.3 Å². The van der Waals surface area contributed by atoms with Gasteiger partial charge in [0.15, 0.2) is 11.0 Å². The van der Waals surface area contributed by atoms with E-state index in [1.54, 1.807) is 13.2 Å². The molecule has 0 spiro atoms. The van der Waals surface area contributed by atoms with Gasteiger partial charge < -0.3 is 19.0 Å². The maximum absolute atomic E-state index is 13.0. The lowest BCUT2D eigenvalue weighted by Crippen LogP contribution is -2.23. The van der Waals surface area contributed by atoms with Gasteiger partial charge in [-0.25, -0.2) is 0 Å². The fourth-order valence-electron chi connectivity index (χ4n) is 3.72. The standard InChI is InChI=1S/C25H22N4O3S/c1-15(33-25-28-27-23(29(25)2)16-9-5-4-6-10-16)24(30)26-19-14-21-18(13-22(19)31-3)17-11-7-8-12-20(17)32-21/h4-15H,1-3H3,(H,26,30). The zero-order chi connectivity index (χ0) is 22.9. The number of fused-ring (bicyclic) bond motifs is 3. The predicted molar refractivity (Wildman–Crippen MR) is 131 cm³/mol. The lowest BCUT2D eigenvalue weighted by molar-refractivity contribution is -0.115. The number of furan rings is 1. The van der Waals surface area contributed by atoms with Crippen LogP contribution < -0.4 is 10.1 Å². The topological polar surface area (TPSA) is 82.2 Å². The van der Waals surface area contributed by atoms with E-state index in [1.165, 1.54) is 11.8 Å². The van der Waals surface area contributed by atoms with Gasteiger partial charge in [0.25, 0.3) is 0 Å². The average Bonchev–Trinajstić information content (AvgIpc) is 3.38. The number of hydrogen-bond acceptors (Lipinski definition) is 6. The smallest absolute Gasteiger partial charge is 0.237 e. The van der Waals surface area contributed by atoms with Gasteiger partial charge in [0.2, 0.25) is 5.91 Å². The maximum atomic E-state index is 13.0. The third kappa shape index (κ3) is 3.93. The molecule has 3 aromatic carbocycles. The highest BCUT2D eigenvalue weighted by Crippen LogP contribution is 2.37. The van der Waals surface area contributed by atoms with Crippen LogP contribution in [0.15, 0.2) is 76.3 Å². The Morgan fingerprint density at radius 2 is 1.79 bits per heavy atom. The van der Waals surface area contributed by atoms with E-state index in [2.05, 4.69) is 15.5 Å². The van der Waals surface area contributed by atoms with E-state index in [-0.39, 0.29) is 5.91 Å². The molecule has 1 atom stereocenters. The molecule has 0 saturated heterocycles. The Balaban J connectivity index is 1.37. The minimum Gasteiger partial charge on any atom is -0.495 e. The first-order chi connectivity index (χ1) is 16.0. The van der Waals surface area contributed by atoms with Crippen molar-refractivity contribution in [2.75, 3.05) is 12.4 Å². The lowest BCUT2D eigenvalue weighted by atomic mass is 10.1. The van der Waals surface area contributed by atoms with Gasteiger partial charge in [-0.05, 0) is 19.1 Å². The van der Waals surface area contributed by atoms with E-state index < -0.39 is 5.25 Å². The van der Waals surface area contributed by atoms with Gasteiger partial charge in [-0.2, -0.15) is 0 Å². The summed E-state index contributed by atoms with van der Waals surface area (Å²) >= 11 is 1.35. The number of amides is 1. The number of carbonyl (C=O) groups is 1. The summed E-state index contributed by atoms with van der Waals surface area (Å²) in [4.78, 5) is 13.0. The molecule has 1 N–H and O–H groups in total. The first-order valence-corrected chi connectivity index (χ1v) is 11.3. The zero-order valence-corrected chi connectivity index (χ0v) is 19.2. The molecule has 0 bridgehead atoms. The maximum Gasteiger partial charge on any atom is 0.237 e. The van der Waals surface area contributed by atoms with Gasteiger partial charge >= 0.3 is 0 Å². The van der Waals surface area contributed by atoms with Crippen molar-refractivity contribution in [1.29, 1.82) is 0 Å². The number of para-hydroxylation sites is 1. The lowest BCUT2D eigenvalue weighted by Gasteiger charge is -2.14. The highest BCUT2D eigenvalue weighted by atomic mass is 32.2. The second kappa shape index (κ2) is 8.63. The summed E-state index contributed by atoms with van der Waals surface area (Å²) in [6.45, 7) is 1.84. The van der Waals surface area contributed by atoms with Crippen molar-refractivity contribution in [1.82, 2.24) is 14.8 Å². The number of benzene rings is 3. The van der Waals surface area contributed by atoms with Gasteiger partial charge in [-0.15, -0.1) is 10.2 Å². The van der Waals surface area contributed by atoms with Crippen LogP contribution in [0, 0.1) is 0 Å². The average molecular weight is 459 g/mol. The van der Waals surface area contributed by atoms with E-state index >= 15 is 0 Å². The number of thioether (sulfide) groups is 1. The SMILES string of the molecule is COc1cc2c(cc1NC(=O)C(C)Sc1nnc(-c3ccccc3)n1C)oc1ccccc12. The summed E-state index contributed by atoms with van der Waals surface area (Å²) in [5.41, 5.74) is 3.01. The van der Waals surface area contributed by atoms with Crippen LogP contribution in [0.5, 0.6) is 5.75 Å². The van der Waals surface area contributed by atoms with E-state index in [0.29, 0.717) is 22.2 Å². The van der Waals surface area contributed by atoms with Crippen LogP contribution in [0.2, 0.25) is 0 Å². The Morgan fingerprint density at radius 1 is 1.03 bits per heavy atom. The molecular weight excluding hydrogens is 436 g/mol. The number of ether oxygens (including phenoxy) is 1. The number of hydrogen-bond donors (Lipinski definition) is 1. The number of nitrogens with one attached hydrogen (secondary N) is 1. The fraction of sp³-hybridized carbons (Fsp3) is 0.160. The van der Waals surface area contributed by atoms with Crippen LogP contribution in [-0.4, -0.2) is 33.0 Å². The molecule has 0 aliphatic heterocycles. The molecule has 7 nitrogen and oxygen atoms in total. The van der Waals surface area contributed by atoms with Gasteiger partial charge in [-0.3, -0.25) is 4.79 Å². The van der Waals surface area contributed by atoms with Crippen molar-refractivity contribution in [3.8, 4) is 17.1 Å². The predicted octanol–water partition coefficient (Wildman–Crippen LogP) is 5.51. The number of methoxy groups -OCH3 is 1. The van der Waals surface area contributed by atoms with Gasteiger partial charge in [0.05, 0.1) is 18.0 Å². The summed E-state index contributed by atoms with van der Waals surface area (Å²) in [5, 5.41) is 13.7. The number of anilines is 1.